The van der Waals surface area contributed by atoms with Crippen LogP contribution in [0.5, 0.6) is 5.75 Å². The fourth-order valence-corrected chi connectivity index (χ4v) is 4.08. The molecule has 1 saturated heterocycles. The van der Waals surface area contributed by atoms with Gasteiger partial charge in [0.25, 0.3) is 0 Å². The third-order valence-electron chi connectivity index (χ3n) is 6.00. The number of benzene rings is 2. The Kier molecular flexibility index (Phi) is 8.70. The van der Waals surface area contributed by atoms with Crippen molar-refractivity contribution >= 4 is 17.8 Å². The molecular formula is C27H33N5O4. The van der Waals surface area contributed by atoms with Gasteiger partial charge in [0.1, 0.15) is 5.75 Å². The van der Waals surface area contributed by atoms with Crippen molar-refractivity contribution in [2.24, 2.45) is 0 Å². The highest BCUT2D eigenvalue weighted by Gasteiger charge is 2.19. The molecule has 0 unspecified atom stereocenters. The maximum atomic E-state index is 13.1. The van der Waals surface area contributed by atoms with Crippen molar-refractivity contribution in [2.75, 3.05) is 57.9 Å². The second-order valence-electron chi connectivity index (χ2n) is 8.56. The van der Waals surface area contributed by atoms with Crippen molar-refractivity contribution in [1.82, 2.24) is 19.4 Å². The lowest BCUT2D eigenvalue weighted by atomic mass is 10.2. The molecule has 0 atom stereocenters. The summed E-state index contributed by atoms with van der Waals surface area (Å²) in [6, 6.07) is 17.4. The third-order valence-corrected chi connectivity index (χ3v) is 6.00. The van der Waals surface area contributed by atoms with E-state index in [4.69, 9.17) is 14.5 Å². The second-order valence-corrected chi connectivity index (χ2v) is 8.56. The Morgan fingerprint density at radius 2 is 1.89 bits per heavy atom. The predicted molar refractivity (Wildman–Crippen MR) is 138 cm³/mol. The summed E-state index contributed by atoms with van der Waals surface area (Å²) < 4.78 is 12.9. The molecule has 1 aromatic heterocycles. The van der Waals surface area contributed by atoms with Gasteiger partial charge in [-0.1, -0.05) is 36.4 Å². The van der Waals surface area contributed by atoms with Gasteiger partial charge in [0, 0.05) is 50.9 Å². The third kappa shape index (κ3) is 6.71. The second kappa shape index (κ2) is 12.3. The van der Waals surface area contributed by atoms with Crippen LogP contribution in [0.25, 0.3) is 16.9 Å². The highest BCUT2D eigenvalue weighted by Crippen LogP contribution is 2.26. The van der Waals surface area contributed by atoms with Crippen LogP contribution in [0.4, 0.5) is 5.95 Å². The molecule has 3 aromatic rings. The van der Waals surface area contributed by atoms with E-state index in [1.807, 2.05) is 72.3 Å². The lowest BCUT2D eigenvalue weighted by molar-refractivity contribution is -0.133. The van der Waals surface area contributed by atoms with Crippen molar-refractivity contribution in [1.29, 1.82) is 0 Å². The van der Waals surface area contributed by atoms with Gasteiger partial charge in [0.2, 0.25) is 17.8 Å². The predicted octanol–water partition coefficient (Wildman–Crippen LogP) is 3.06. The van der Waals surface area contributed by atoms with Gasteiger partial charge in [0.05, 0.1) is 37.7 Å². The Labute approximate surface area is 211 Å². The highest BCUT2D eigenvalue weighted by atomic mass is 16.5. The summed E-state index contributed by atoms with van der Waals surface area (Å²) in [5.74, 6) is 0.660. The number of imidazole rings is 1. The molecule has 1 aliphatic heterocycles. The van der Waals surface area contributed by atoms with E-state index in [-0.39, 0.29) is 18.4 Å². The number of carbonyl (C=O) groups is 2. The first-order valence-corrected chi connectivity index (χ1v) is 12.3. The average Bonchev–Trinajstić information content (AvgIpc) is 3.31. The van der Waals surface area contributed by atoms with Gasteiger partial charge >= 0.3 is 0 Å². The highest BCUT2D eigenvalue weighted by molar-refractivity contribution is 5.93. The number of aromatic nitrogens is 2. The smallest absolute Gasteiger partial charge is 0.246 e. The molecule has 0 spiro atoms. The summed E-state index contributed by atoms with van der Waals surface area (Å²) in [7, 11) is 0. The summed E-state index contributed by atoms with van der Waals surface area (Å²) in [5.41, 5.74) is 2.47. The monoisotopic (exact) mass is 491 g/mol. The molecule has 0 aliphatic carbocycles. The lowest BCUT2D eigenvalue weighted by Gasteiger charge is -2.29. The Hall–Kier alpha value is -3.69. The van der Waals surface area contributed by atoms with E-state index in [1.165, 1.54) is 6.92 Å². The van der Waals surface area contributed by atoms with Crippen LogP contribution in [0.15, 0.2) is 60.8 Å². The molecule has 9 heteroatoms. The molecule has 2 heterocycles. The number of carbonyl (C=O) groups excluding carboxylic acids is 2. The molecule has 4 rings (SSSR count). The van der Waals surface area contributed by atoms with Gasteiger partial charge in [-0.2, -0.15) is 0 Å². The summed E-state index contributed by atoms with van der Waals surface area (Å²) >= 11 is 0. The van der Waals surface area contributed by atoms with Crippen LogP contribution in [0.2, 0.25) is 0 Å². The maximum Gasteiger partial charge on any atom is 0.246 e. The largest absolute Gasteiger partial charge is 0.494 e. The first kappa shape index (κ1) is 25.4. The maximum absolute atomic E-state index is 13.1. The zero-order valence-electron chi connectivity index (χ0n) is 20.9. The van der Waals surface area contributed by atoms with Crippen LogP contribution in [0, 0.1) is 0 Å². The summed E-state index contributed by atoms with van der Waals surface area (Å²) in [6.45, 7) is 8.15. The van der Waals surface area contributed by atoms with Crippen LogP contribution >= 0.6 is 0 Å². The van der Waals surface area contributed by atoms with E-state index in [0.717, 1.165) is 35.8 Å². The van der Waals surface area contributed by atoms with Crippen LogP contribution in [-0.2, 0) is 14.3 Å². The van der Waals surface area contributed by atoms with Crippen molar-refractivity contribution in [3.8, 4) is 22.7 Å². The Morgan fingerprint density at radius 3 is 2.61 bits per heavy atom. The molecule has 2 amide bonds. The van der Waals surface area contributed by atoms with E-state index < -0.39 is 0 Å². The van der Waals surface area contributed by atoms with E-state index >= 15 is 0 Å². The minimum Gasteiger partial charge on any atom is -0.494 e. The van der Waals surface area contributed by atoms with Crippen LogP contribution in [0.1, 0.15) is 13.8 Å². The molecule has 0 saturated carbocycles. The SMILES string of the molecule is CCOc1cccc(-n2cc(-c3ccccc3)nc2NC(=O)CN(CCN2CCOCC2)C(C)=O)c1. The van der Waals surface area contributed by atoms with Crippen LogP contribution in [0.3, 0.4) is 0 Å². The van der Waals surface area contributed by atoms with E-state index in [9.17, 15) is 9.59 Å². The minimum absolute atomic E-state index is 0.0494. The number of hydrogen-bond acceptors (Lipinski definition) is 6. The number of anilines is 1. The van der Waals surface area contributed by atoms with Gasteiger partial charge in [-0.15, -0.1) is 0 Å². The molecule has 2 aromatic carbocycles. The van der Waals surface area contributed by atoms with Gasteiger partial charge in [0.15, 0.2) is 0 Å². The molecule has 1 aliphatic rings. The molecule has 1 fully saturated rings. The molecule has 9 nitrogen and oxygen atoms in total. The molecule has 36 heavy (non-hydrogen) atoms. The van der Waals surface area contributed by atoms with Crippen molar-refractivity contribution < 1.29 is 19.1 Å². The molecule has 1 N–H and O–H groups in total. The van der Waals surface area contributed by atoms with Gasteiger partial charge in [-0.3, -0.25) is 24.4 Å². The van der Waals surface area contributed by atoms with Crippen molar-refractivity contribution in [3.05, 3.63) is 60.8 Å². The fourth-order valence-electron chi connectivity index (χ4n) is 4.08. The fraction of sp³-hybridized carbons (Fsp3) is 0.370. The van der Waals surface area contributed by atoms with Crippen LogP contribution < -0.4 is 10.1 Å². The molecular weight excluding hydrogens is 458 g/mol. The number of nitrogens with one attached hydrogen (secondary N) is 1. The Bertz CT molecular complexity index is 1160. The van der Waals surface area contributed by atoms with Gasteiger partial charge in [-0.25, -0.2) is 4.98 Å². The molecule has 190 valence electrons. The van der Waals surface area contributed by atoms with E-state index in [2.05, 4.69) is 10.2 Å². The minimum atomic E-state index is -0.306. The number of morpholine rings is 1. The zero-order chi connectivity index (χ0) is 25.3. The number of nitrogens with zero attached hydrogens (tertiary/aromatic N) is 4. The molecule has 0 bridgehead atoms. The van der Waals surface area contributed by atoms with Crippen molar-refractivity contribution in [2.45, 2.75) is 13.8 Å². The summed E-state index contributed by atoms with van der Waals surface area (Å²) in [6.07, 6.45) is 1.89. The first-order valence-electron chi connectivity index (χ1n) is 12.3. The van der Waals surface area contributed by atoms with E-state index in [1.54, 1.807) is 4.90 Å². The quantitative estimate of drug-likeness (QED) is 0.469. The van der Waals surface area contributed by atoms with Gasteiger partial charge < -0.3 is 14.4 Å². The van der Waals surface area contributed by atoms with Crippen molar-refractivity contribution in [3.63, 3.8) is 0 Å². The van der Waals surface area contributed by atoms with Crippen LogP contribution in [-0.4, -0.2) is 83.7 Å². The summed E-state index contributed by atoms with van der Waals surface area (Å²) in [5, 5.41) is 2.92. The first-order chi connectivity index (χ1) is 17.5. The Balaban J connectivity index is 1.53. The zero-order valence-corrected chi connectivity index (χ0v) is 20.9. The van der Waals surface area contributed by atoms with E-state index in [0.29, 0.717) is 38.9 Å². The summed E-state index contributed by atoms with van der Waals surface area (Å²) in [4.78, 5) is 33.8. The van der Waals surface area contributed by atoms with Gasteiger partial charge in [-0.05, 0) is 19.1 Å². The average molecular weight is 492 g/mol. The number of hydrogen-bond donors (Lipinski definition) is 1. The topological polar surface area (TPSA) is 88.9 Å². The number of rotatable bonds is 10. The Morgan fingerprint density at radius 1 is 1.11 bits per heavy atom. The standard InChI is InChI=1S/C27H33N5O4/c1-3-36-24-11-7-10-23(18-24)32-19-25(22-8-5-4-6-9-22)28-27(32)29-26(34)20-31(21(2)33)13-12-30-14-16-35-17-15-30/h4-11,18-19H,3,12-17,20H2,1-2H3,(H,28,29,34). The lowest BCUT2D eigenvalue weighted by Crippen LogP contribution is -2.44. The number of amides is 2. The normalized spacial score (nSPS) is 13.8. The number of ether oxygens (including phenoxy) is 2. The molecule has 0 radical (unpaired) electrons.